The number of carbonyl (C=O) groups is 2. The highest BCUT2D eigenvalue weighted by Crippen LogP contribution is 2.29. The largest absolute Gasteiger partial charge is 0.329 e. The van der Waals surface area contributed by atoms with Gasteiger partial charge in [-0.15, -0.1) is 0 Å². The predicted octanol–water partition coefficient (Wildman–Crippen LogP) is 0.796. The molecule has 20 heavy (non-hydrogen) atoms. The van der Waals surface area contributed by atoms with Crippen LogP contribution in [0.2, 0.25) is 0 Å². The summed E-state index contributed by atoms with van der Waals surface area (Å²) < 4.78 is 0. The third kappa shape index (κ3) is 2.82. The minimum atomic E-state index is -0.265. The lowest BCUT2D eigenvalue weighted by Gasteiger charge is -2.44. The van der Waals surface area contributed by atoms with Crippen LogP contribution in [0.15, 0.2) is 0 Å². The van der Waals surface area contributed by atoms with Gasteiger partial charge in [0.2, 0.25) is 11.8 Å². The fourth-order valence-corrected chi connectivity index (χ4v) is 3.37. The van der Waals surface area contributed by atoms with E-state index in [-0.39, 0.29) is 29.8 Å². The molecule has 0 aromatic rings. The average molecular weight is 281 g/mol. The summed E-state index contributed by atoms with van der Waals surface area (Å²) in [5, 5.41) is 0. The van der Waals surface area contributed by atoms with Crippen LogP contribution in [0.25, 0.3) is 0 Å². The van der Waals surface area contributed by atoms with Crippen molar-refractivity contribution >= 4 is 11.8 Å². The van der Waals surface area contributed by atoms with Gasteiger partial charge in [-0.1, -0.05) is 13.8 Å². The van der Waals surface area contributed by atoms with Gasteiger partial charge in [-0.25, -0.2) is 0 Å². The highest BCUT2D eigenvalue weighted by atomic mass is 16.2. The number of piperazine rings is 1. The van der Waals surface area contributed by atoms with E-state index in [0.717, 1.165) is 32.4 Å². The lowest BCUT2D eigenvalue weighted by molar-refractivity contribution is -0.161. The minimum Gasteiger partial charge on any atom is -0.329 e. The standard InChI is InChI=1S/C15H27N3O2/c1-11(2)13-15(20)17-9-5-7-12(17)14(19)18(13)10-6-8-16(3)4/h11-13H,5-10H2,1-4H3. The third-order valence-electron chi connectivity index (χ3n) is 4.33. The minimum absolute atomic E-state index is 0.159. The Balaban J connectivity index is 2.12. The number of hydrogen-bond acceptors (Lipinski definition) is 3. The summed E-state index contributed by atoms with van der Waals surface area (Å²) in [6, 6.07) is -0.448. The molecule has 0 radical (unpaired) electrons. The van der Waals surface area contributed by atoms with Crippen molar-refractivity contribution in [1.29, 1.82) is 0 Å². The van der Waals surface area contributed by atoms with E-state index in [1.165, 1.54) is 0 Å². The number of amides is 2. The van der Waals surface area contributed by atoms with Crippen LogP contribution < -0.4 is 0 Å². The van der Waals surface area contributed by atoms with Crippen molar-refractivity contribution in [2.75, 3.05) is 33.7 Å². The maximum Gasteiger partial charge on any atom is 0.246 e. The monoisotopic (exact) mass is 281 g/mol. The summed E-state index contributed by atoms with van der Waals surface area (Å²) in [6.45, 7) is 6.45. The molecule has 2 amide bonds. The Bertz CT molecular complexity index is 381. The predicted molar refractivity (Wildman–Crippen MR) is 78.2 cm³/mol. The average Bonchev–Trinajstić information content (AvgIpc) is 2.84. The first-order chi connectivity index (χ1) is 9.43. The molecule has 0 N–H and O–H groups in total. The molecular formula is C15H27N3O2. The van der Waals surface area contributed by atoms with E-state index in [0.29, 0.717) is 6.54 Å². The summed E-state index contributed by atoms with van der Waals surface area (Å²) in [5.41, 5.74) is 0. The molecular weight excluding hydrogens is 254 g/mol. The molecule has 2 unspecified atom stereocenters. The molecule has 0 bridgehead atoms. The van der Waals surface area contributed by atoms with Gasteiger partial charge in [0.25, 0.3) is 0 Å². The van der Waals surface area contributed by atoms with Gasteiger partial charge in [-0.3, -0.25) is 9.59 Å². The molecule has 2 rings (SSSR count). The molecule has 2 atom stereocenters. The van der Waals surface area contributed by atoms with Gasteiger partial charge in [0, 0.05) is 13.1 Å². The Kier molecular flexibility index (Phi) is 4.68. The summed E-state index contributed by atoms with van der Waals surface area (Å²) in [6.07, 6.45) is 2.71. The zero-order chi connectivity index (χ0) is 14.9. The van der Waals surface area contributed by atoms with Crippen LogP contribution in [0.1, 0.15) is 33.1 Å². The van der Waals surface area contributed by atoms with E-state index in [9.17, 15) is 9.59 Å². The number of carbonyl (C=O) groups excluding carboxylic acids is 2. The van der Waals surface area contributed by atoms with Crippen LogP contribution in [0.3, 0.4) is 0 Å². The van der Waals surface area contributed by atoms with Crippen LogP contribution in [-0.4, -0.2) is 72.3 Å². The molecule has 0 saturated carbocycles. The van der Waals surface area contributed by atoms with E-state index < -0.39 is 0 Å². The van der Waals surface area contributed by atoms with Crippen molar-refractivity contribution in [3.05, 3.63) is 0 Å². The molecule has 0 aromatic carbocycles. The Labute approximate surface area is 121 Å². The second-order valence-corrected chi connectivity index (χ2v) is 6.57. The number of rotatable bonds is 5. The summed E-state index contributed by atoms with van der Waals surface area (Å²) >= 11 is 0. The first-order valence-corrected chi connectivity index (χ1v) is 7.69. The van der Waals surface area contributed by atoms with Gasteiger partial charge in [-0.05, 0) is 45.8 Å². The van der Waals surface area contributed by atoms with Crippen LogP contribution in [0, 0.1) is 5.92 Å². The number of nitrogens with zero attached hydrogens (tertiary/aromatic N) is 3. The first kappa shape index (κ1) is 15.3. The van der Waals surface area contributed by atoms with E-state index in [4.69, 9.17) is 0 Å². The zero-order valence-electron chi connectivity index (χ0n) is 13.1. The van der Waals surface area contributed by atoms with Crippen molar-refractivity contribution in [1.82, 2.24) is 14.7 Å². The lowest BCUT2D eigenvalue weighted by atomic mass is 9.95. The fourth-order valence-electron chi connectivity index (χ4n) is 3.37. The second kappa shape index (κ2) is 6.12. The molecule has 2 saturated heterocycles. The van der Waals surface area contributed by atoms with Gasteiger partial charge in [-0.2, -0.15) is 0 Å². The van der Waals surface area contributed by atoms with Gasteiger partial charge in [0.1, 0.15) is 12.1 Å². The fraction of sp³-hybridized carbons (Fsp3) is 0.867. The maximum absolute atomic E-state index is 12.7. The van der Waals surface area contributed by atoms with Gasteiger partial charge in [0.05, 0.1) is 0 Å². The third-order valence-corrected chi connectivity index (χ3v) is 4.33. The van der Waals surface area contributed by atoms with Crippen LogP contribution in [0.4, 0.5) is 0 Å². The molecule has 2 aliphatic heterocycles. The van der Waals surface area contributed by atoms with E-state index in [1.54, 1.807) is 0 Å². The molecule has 5 heteroatoms. The zero-order valence-corrected chi connectivity index (χ0v) is 13.1. The van der Waals surface area contributed by atoms with Crippen LogP contribution in [-0.2, 0) is 9.59 Å². The lowest BCUT2D eigenvalue weighted by Crippen LogP contribution is -2.64. The van der Waals surface area contributed by atoms with E-state index in [2.05, 4.69) is 4.90 Å². The Hall–Kier alpha value is -1.10. The van der Waals surface area contributed by atoms with Crippen molar-refractivity contribution in [3.63, 3.8) is 0 Å². The quantitative estimate of drug-likeness (QED) is 0.748. The maximum atomic E-state index is 12.7. The van der Waals surface area contributed by atoms with Crippen molar-refractivity contribution in [2.24, 2.45) is 5.92 Å². The molecule has 0 spiro atoms. The van der Waals surface area contributed by atoms with Gasteiger partial charge in [0.15, 0.2) is 0 Å². The number of fused-ring (bicyclic) bond motifs is 1. The highest BCUT2D eigenvalue weighted by molar-refractivity contribution is 5.97. The van der Waals surface area contributed by atoms with E-state index >= 15 is 0 Å². The second-order valence-electron chi connectivity index (χ2n) is 6.57. The first-order valence-electron chi connectivity index (χ1n) is 7.69. The highest BCUT2D eigenvalue weighted by Gasteiger charge is 2.48. The normalized spacial score (nSPS) is 26.9. The molecule has 2 heterocycles. The van der Waals surface area contributed by atoms with Crippen molar-refractivity contribution < 1.29 is 9.59 Å². The van der Waals surface area contributed by atoms with Crippen molar-refractivity contribution in [2.45, 2.75) is 45.2 Å². The SMILES string of the molecule is CC(C)C1C(=O)N2CCCC2C(=O)N1CCCN(C)C. The summed E-state index contributed by atoms with van der Waals surface area (Å²) in [7, 11) is 4.06. The topological polar surface area (TPSA) is 43.9 Å². The Morgan fingerprint density at radius 1 is 1.25 bits per heavy atom. The van der Waals surface area contributed by atoms with Crippen molar-refractivity contribution in [3.8, 4) is 0 Å². The Morgan fingerprint density at radius 3 is 2.55 bits per heavy atom. The molecule has 0 aromatic heterocycles. The number of hydrogen-bond donors (Lipinski definition) is 0. The van der Waals surface area contributed by atoms with Gasteiger partial charge < -0.3 is 14.7 Å². The molecule has 5 nitrogen and oxygen atoms in total. The van der Waals surface area contributed by atoms with Crippen LogP contribution in [0.5, 0.6) is 0 Å². The summed E-state index contributed by atoms with van der Waals surface area (Å²) in [4.78, 5) is 31.1. The van der Waals surface area contributed by atoms with E-state index in [1.807, 2.05) is 37.7 Å². The smallest absolute Gasteiger partial charge is 0.246 e. The molecule has 2 fully saturated rings. The molecule has 114 valence electrons. The summed E-state index contributed by atoms with van der Waals surface area (Å²) in [5.74, 6) is 0.499. The molecule has 2 aliphatic rings. The Morgan fingerprint density at radius 2 is 1.95 bits per heavy atom. The van der Waals surface area contributed by atoms with Crippen LogP contribution >= 0.6 is 0 Å². The van der Waals surface area contributed by atoms with Gasteiger partial charge >= 0.3 is 0 Å². The molecule has 0 aliphatic carbocycles.